The van der Waals surface area contributed by atoms with E-state index in [1.807, 2.05) is 6.92 Å². The van der Waals surface area contributed by atoms with Crippen LogP contribution >= 0.6 is 0 Å². The van der Waals surface area contributed by atoms with Gasteiger partial charge in [0, 0.05) is 45.2 Å². The van der Waals surface area contributed by atoms with E-state index in [4.69, 9.17) is 9.47 Å². The fourth-order valence-electron chi connectivity index (χ4n) is 4.38. The number of carbonyl (C=O) groups is 1. The second-order valence-electron chi connectivity index (χ2n) is 6.95. The van der Waals surface area contributed by atoms with Crippen LogP contribution in [0.5, 0.6) is 0 Å². The first-order chi connectivity index (χ1) is 10.8. The molecule has 3 unspecified atom stereocenters. The van der Waals surface area contributed by atoms with Gasteiger partial charge in [-0.25, -0.2) is 0 Å². The summed E-state index contributed by atoms with van der Waals surface area (Å²) in [6, 6.07) is 0.686. The molecule has 126 valence electrons. The molecule has 1 aliphatic carbocycles. The molecule has 0 radical (unpaired) electrons. The zero-order chi connectivity index (χ0) is 15.4. The van der Waals surface area contributed by atoms with E-state index >= 15 is 0 Å². The number of fused-ring (bicyclic) bond motifs is 3. The summed E-state index contributed by atoms with van der Waals surface area (Å²) in [4.78, 5) is 16.9. The quantitative estimate of drug-likeness (QED) is 0.693. The van der Waals surface area contributed by atoms with Gasteiger partial charge in [0.1, 0.15) is 0 Å². The molecule has 3 aliphatic heterocycles. The monoisotopic (exact) mass is 310 g/mol. The van der Waals surface area contributed by atoms with E-state index in [2.05, 4.69) is 9.80 Å². The van der Waals surface area contributed by atoms with Gasteiger partial charge < -0.3 is 9.47 Å². The molecule has 4 aliphatic rings. The average Bonchev–Trinajstić information content (AvgIpc) is 2.55. The highest BCUT2D eigenvalue weighted by atomic mass is 16.5. The minimum absolute atomic E-state index is 0.0000771. The molecule has 5 heteroatoms. The molecule has 0 aromatic carbocycles. The minimum Gasteiger partial charge on any atom is -0.466 e. The van der Waals surface area contributed by atoms with Crippen molar-refractivity contribution >= 4 is 5.97 Å². The van der Waals surface area contributed by atoms with Gasteiger partial charge in [0.15, 0.2) is 0 Å². The molecular formula is C17H30N2O3. The Hall–Kier alpha value is -0.650. The molecule has 1 saturated carbocycles. The lowest BCUT2D eigenvalue weighted by molar-refractivity contribution is -0.146. The van der Waals surface area contributed by atoms with Gasteiger partial charge in [-0.2, -0.15) is 0 Å². The van der Waals surface area contributed by atoms with Crippen LogP contribution in [0.4, 0.5) is 0 Å². The molecule has 4 fully saturated rings. The molecule has 3 saturated heterocycles. The maximum atomic E-state index is 11.7. The zero-order valence-electron chi connectivity index (χ0n) is 13.8. The summed E-state index contributed by atoms with van der Waals surface area (Å²) < 4.78 is 10.5. The summed E-state index contributed by atoms with van der Waals surface area (Å²) in [7, 11) is 0. The van der Waals surface area contributed by atoms with Gasteiger partial charge in [-0.3, -0.25) is 14.6 Å². The van der Waals surface area contributed by atoms with Crippen LogP contribution in [0.3, 0.4) is 0 Å². The summed E-state index contributed by atoms with van der Waals surface area (Å²) >= 11 is 0. The lowest BCUT2D eigenvalue weighted by atomic mass is 9.70. The second-order valence-corrected chi connectivity index (χ2v) is 6.95. The molecule has 3 heterocycles. The molecule has 0 aromatic heterocycles. The number of hydrogen-bond donors (Lipinski definition) is 0. The van der Waals surface area contributed by atoms with Crippen molar-refractivity contribution in [1.82, 2.24) is 9.80 Å². The predicted octanol–water partition coefficient (Wildman–Crippen LogP) is 1.37. The number of ether oxygens (including phenoxy) is 2. The number of piperidine rings is 2. The molecule has 0 N–H and O–H groups in total. The topological polar surface area (TPSA) is 42.0 Å². The third-order valence-electron chi connectivity index (χ3n) is 5.64. The first-order valence-corrected chi connectivity index (χ1v) is 8.96. The Morgan fingerprint density at radius 2 is 2.05 bits per heavy atom. The molecule has 22 heavy (non-hydrogen) atoms. The van der Waals surface area contributed by atoms with Gasteiger partial charge in [0.05, 0.1) is 19.8 Å². The lowest BCUT2D eigenvalue weighted by Crippen LogP contribution is -2.54. The van der Waals surface area contributed by atoms with Crippen molar-refractivity contribution < 1.29 is 14.3 Å². The van der Waals surface area contributed by atoms with Crippen LogP contribution in [0.2, 0.25) is 0 Å². The largest absolute Gasteiger partial charge is 0.466 e. The Labute approximate surface area is 133 Å². The highest BCUT2D eigenvalue weighted by Crippen LogP contribution is 2.40. The maximum absolute atomic E-state index is 11.7. The van der Waals surface area contributed by atoms with Crippen LogP contribution < -0.4 is 0 Å². The van der Waals surface area contributed by atoms with Crippen molar-refractivity contribution in [2.75, 3.05) is 52.5 Å². The summed E-state index contributed by atoms with van der Waals surface area (Å²) in [6.07, 6.45) is 4.43. The molecule has 2 bridgehead atoms. The first-order valence-electron chi connectivity index (χ1n) is 8.96. The van der Waals surface area contributed by atoms with E-state index in [-0.39, 0.29) is 5.97 Å². The average molecular weight is 310 g/mol. The van der Waals surface area contributed by atoms with E-state index in [0.717, 1.165) is 32.8 Å². The molecule has 3 atom stereocenters. The predicted molar refractivity (Wildman–Crippen MR) is 84.7 cm³/mol. The Balaban J connectivity index is 1.44. The number of esters is 1. The first kappa shape index (κ1) is 16.2. The molecule has 0 spiro atoms. The Morgan fingerprint density at radius 1 is 1.23 bits per heavy atom. The highest BCUT2D eigenvalue weighted by Gasteiger charge is 2.40. The summed E-state index contributed by atoms with van der Waals surface area (Å²) in [5.41, 5.74) is 0. The van der Waals surface area contributed by atoms with E-state index in [1.165, 1.54) is 32.4 Å². The fraction of sp³-hybridized carbons (Fsp3) is 0.941. The summed E-state index contributed by atoms with van der Waals surface area (Å²) in [5.74, 6) is 1.25. The van der Waals surface area contributed by atoms with E-state index in [9.17, 15) is 4.79 Å². The second kappa shape index (κ2) is 7.75. The highest BCUT2D eigenvalue weighted by molar-refractivity contribution is 5.69. The van der Waals surface area contributed by atoms with Crippen molar-refractivity contribution in [2.24, 2.45) is 11.8 Å². The van der Waals surface area contributed by atoms with Gasteiger partial charge in [0.2, 0.25) is 0 Å². The number of nitrogens with zero attached hydrogens (tertiary/aromatic N) is 2. The van der Waals surface area contributed by atoms with Crippen LogP contribution in [0, 0.1) is 11.8 Å². The number of morpholine rings is 1. The Bertz CT molecular complexity index is 371. The van der Waals surface area contributed by atoms with Crippen LogP contribution in [0.1, 0.15) is 32.6 Å². The smallest absolute Gasteiger partial charge is 0.306 e. The normalized spacial score (nSPS) is 33.0. The fourth-order valence-corrected chi connectivity index (χ4v) is 4.38. The van der Waals surface area contributed by atoms with Crippen LogP contribution in [-0.4, -0.2) is 74.4 Å². The third-order valence-corrected chi connectivity index (χ3v) is 5.64. The van der Waals surface area contributed by atoms with Gasteiger partial charge >= 0.3 is 5.97 Å². The number of rotatable bonds is 6. The number of hydrogen-bond acceptors (Lipinski definition) is 5. The van der Waals surface area contributed by atoms with Crippen molar-refractivity contribution in [3.05, 3.63) is 0 Å². The SMILES string of the molecule is CCOC(=O)CC1CC2CCC1CN2CCN1CCOCC1. The lowest BCUT2D eigenvalue weighted by Gasteiger charge is -2.50. The Kier molecular flexibility index (Phi) is 5.71. The minimum atomic E-state index is -0.0000771. The summed E-state index contributed by atoms with van der Waals surface area (Å²) in [5, 5.41) is 0. The zero-order valence-corrected chi connectivity index (χ0v) is 13.8. The number of carbonyl (C=O) groups excluding carboxylic acids is 1. The van der Waals surface area contributed by atoms with Crippen LogP contribution in [0.25, 0.3) is 0 Å². The molecule has 0 aromatic rings. The molecule has 5 nitrogen and oxygen atoms in total. The molecular weight excluding hydrogens is 280 g/mol. The molecule has 4 rings (SSSR count). The van der Waals surface area contributed by atoms with E-state index < -0.39 is 0 Å². The van der Waals surface area contributed by atoms with Gasteiger partial charge in [-0.1, -0.05) is 0 Å². The van der Waals surface area contributed by atoms with Gasteiger partial charge in [-0.05, 0) is 38.0 Å². The summed E-state index contributed by atoms with van der Waals surface area (Å²) in [6.45, 7) is 9.83. The van der Waals surface area contributed by atoms with Crippen LogP contribution in [0.15, 0.2) is 0 Å². The van der Waals surface area contributed by atoms with E-state index in [1.54, 1.807) is 0 Å². The van der Waals surface area contributed by atoms with Crippen molar-refractivity contribution in [3.8, 4) is 0 Å². The maximum Gasteiger partial charge on any atom is 0.306 e. The standard InChI is InChI=1S/C17H30N2O3/c1-2-22-17(20)12-15-11-16-4-3-14(15)13-19(16)6-5-18-7-9-21-10-8-18/h14-16H,2-13H2,1H3. The van der Waals surface area contributed by atoms with Crippen molar-refractivity contribution in [1.29, 1.82) is 0 Å². The molecule has 0 amide bonds. The van der Waals surface area contributed by atoms with Crippen molar-refractivity contribution in [2.45, 2.75) is 38.6 Å². The third kappa shape index (κ3) is 4.00. The Morgan fingerprint density at radius 3 is 2.73 bits per heavy atom. The van der Waals surface area contributed by atoms with Gasteiger partial charge in [-0.15, -0.1) is 0 Å². The van der Waals surface area contributed by atoms with E-state index in [0.29, 0.717) is 30.9 Å². The van der Waals surface area contributed by atoms with Crippen molar-refractivity contribution in [3.63, 3.8) is 0 Å². The van der Waals surface area contributed by atoms with Crippen LogP contribution in [-0.2, 0) is 14.3 Å². The van der Waals surface area contributed by atoms with Gasteiger partial charge in [0.25, 0.3) is 0 Å².